The second-order valence-electron chi connectivity index (χ2n) is 4.93. The minimum atomic E-state index is 0.198. The maximum Gasteiger partial charge on any atom is 0.335 e. The molecule has 1 N–H and O–H groups in total. The first-order chi connectivity index (χ1) is 7.47. The lowest BCUT2D eigenvalue weighted by atomic mass is 10.1. The van der Waals surface area contributed by atoms with Gasteiger partial charge >= 0.3 is 6.01 Å². The highest BCUT2D eigenvalue weighted by molar-refractivity contribution is 4.86. The number of hydrogen-bond donors (Lipinski definition) is 1. The van der Waals surface area contributed by atoms with Crippen LogP contribution in [0.15, 0.2) is 6.33 Å². The smallest absolute Gasteiger partial charge is 0.335 e. The van der Waals surface area contributed by atoms with Crippen molar-refractivity contribution in [1.82, 2.24) is 20.1 Å². The van der Waals surface area contributed by atoms with Gasteiger partial charge in [0.2, 0.25) is 0 Å². The number of nitrogens with zero attached hydrogens (tertiary/aromatic N) is 3. The predicted octanol–water partition coefficient (Wildman–Crippen LogP) is 1.36. The van der Waals surface area contributed by atoms with Crippen molar-refractivity contribution >= 4 is 0 Å². The van der Waals surface area contributed by atoms with Gasteiger partial charge in [0.15, 0.2) is 0 Å². The Kier molecular flexibility index (Phi) is 4.73. The van der Waals surface area contributed by atoms with Crippen molar-refractivity contribution in [3.8, 4) is 6.01 Å². The van der Waals surface area contributed by atoms with Crippen molar-refractivity contribution in [2.24, 2.45) is 7.05 Å². The van der Waals surface area contributed by atoms with Crippen LogP contribution in [0.5, 0.6) is 6.01 Å². The minimum Gasteiger partial charge on any atom is -0.462 e. The SMILES string of the molecule is Cn1cnc(OCCCCNC(C)(C)C)n1. The summed E-state index contributed by atoms with van der Waals surface area (Å²) in [5.74, 6) is 0. The van der Waals surface area contributed by atoms with E-state index in [1.54, 1.807) is 11.0 Å². The highest BCUT2D eigenvalue weighted by atomic mass is 16.5. The van der Waals surface area contributed by atoms with Crippen LogP contribution in [-0.4, -0.2) is 33.5 Å². The Hall–Kier alpha value is -1.10. The fourth-order valence-electron chi connectivity index (χ4n) is 1.24. The van der Waals surface area contributed by atoms with Gasteiger partial charge in [-0.3, -0.25) is 4.68 Å². The zero-order valence-corrected chi connectivity index (χ0v) is 10.7. The summed E-state index contributed by atoms with van der Waals surface area (Å²) in [5, 5.41) is 7.47. The van der Waals surface area contributed by atoms with Gasteiger partial charge in [-0.1, -0.05) is 0 Å². The summed E-state index contributed by atoms with van der Waals surface area (Å²) in [6.07, 6.45) is 3.75. The second kappa shape index (κ2) is 5.84. The van der Waals surface area contributed by atoms with Gasteiger partial charge in [0.25, 0.3) is 0 Å². The maximum absolute atomic E-state index is 5.39. The predicted molar refractivity (Wildman–Crippen MR) is 63.5 cm³/mol. The summed E-state index contributed by atoms with van der Waals surface area (Å²) < 4.78 is 7.02. The lowest BCUT2D eigenvalue weighted by Crippen LogP contribution is -2.36. The number of aryl methyl sites for hydroxylation is 1. The van der Waals surface area contributed by atoms with E-state index in [1.165, 1.54) is 0 Å². The van der Waals surface area contributed by atoms with Crippen LogP contribution in [0, 0.1) is 0 Å². The van der Waals surface area contributed by atoms with Crippen molar-refractivity contribution in [3.63, 3.8) is 0 Å². The third-order valence-corrected chi connectivity index (χ3v) is 2.04. The van der Waals surface area contributed by atoms with E-state index < -0.39 is 0 Å². The van der Waals surface area contributed by atoms with Gasteiger partial charge in [0.05, 0.1) is 6.61 Å². The van der Waals surface area contributed by atoms with E-state index in [0.29, 0.717) is 12.6 Å². The quantitative estimate of drug-likeness (QED) is 0.744. The third-order valence-electron chi connectivity index (χ3n) is 2.04. The molecular weight excluding hydrogens is 204 g/mol. The summed E-state index contributed by atoms with van der Waals surface area (Å²) in [6.45, 7) is 8.20. The normalized spacial score (nSPS) is 11.8. The van der Waals surface area contributed by atoms with E-state index in [4.69, 9.17) is 4.74 Å². The molecule has 0 fully saturated rings. The van der Waals surface area contributed by atoms with Crippen LogP contribution in [0.1, 0.15) is 33.6 Å². The number of aromatic nitrogens is 3. The third kappa shape index (κ3) is 5.70. The maximum atomic E-state index is 5.39. The molecule has 0 saturated heterocycles. The zero-order chi connectivity index (χ0) is 12.0. The molecule has 0 spiro atoms. The minimum absolute atomic E-state index is 0.198. The molecule has 0 aromatic carbocycles. The summed E-state index contributed by atoms with van der Waals surface area (Å²) >= 11 is 0. The van der Waals surface area contributed by atoms with Gasteiger partial charge in [-0.2, -0.15) is 4.98 Å². The van der Waals surface area contributed by atoms with E-state index >= 15 is 0 Å². The molecule has 0 radical (unpaired) electrons. The monoisotopic (exact) mass is 226 g/mol. The van der Waals surface area contributed by atoms with Crippen LogP contribution >= 0.6 is 0 Å². The van der Waals surface area contributed by atoms with Crippen molar-refractivity contribution in [1.29, 1.82) is 0 Å². The largest absolute Gasteiger partial charge is 0.462 e. The second-order valence-corrected chi connectivity index (χ2v) is 4.93. The molecular formula is C11H22N4O. The number of rotatable bonds is 6. The molecule has 1 aromatic heterocycles. The molecule has 0 atom stereocenters. The van der Waals surface area contributed by atoms with Gasteiger partial charge in [0, 0.05) is 12.6 Å². The van der Waals surface area contributed by atoms with Crippen molar-refractivity contribution < 1.29 is 4.74 Å². The Bertz CT molecular complexity index is 303. The molecule has 0 aliphatic rings. The molecule has 0 amide bonds. The Morgan fingerprint density at radius 3 is 2.69 bits per heavy atom. The molecule has 92 valence electrons. The fraction of sp³-hybridized carbons (Fsp3) is 0.818. The highest BCUT2D eigenvalue weighted by Gasteiger charge is 2.07. The molecule has 1 aromatic rings. The molecule has 0 aliphatic carbocycles. The van der Waals surface area contributed by atoms with E-state index in [2.05, 4.69) is 36.2 Å². The molecule has 5 nitrogen and oxygen atoms in total. The number of ether oxygens (including phenoxy) is 1. The number of nitrogens with one attached hydrogen (secondary N) is 1. The topological polar surface area (TPSA) is 52.0 Å². The van der Waals surface area contributed by atoms with Crippen LogP contribution in [0.3, 0.4) is 0 Å². The summed E-state index contributed by atoms with van der Waals surface area (Å²) in [6, 6.07) is 0.464. The molecule has 16 heavy (non-hydrogen) atoms. The van der Waals surface area contributed by atoms with Crippen LogP contribution in [0.2, 0.25) is 0 Å². The average molecular weight is 226 g/mol. The number of hydrogen-bond acceptors (Lipinski definition) is 4. The lowest BCUT2D eigenvalue weighted by Gasteiger charge is -2.20. The van der Waals surface area contributed by atoms with Crippen LogP contribution in [-0.2, 0) is 7.05 Å². The molecule has 0 bridgehead atoms. The zero-order valence-electron chi connectivity index (χ0n) is 10.7. The van der Waals surface area contributed by atoms with Crippen LogP contribution in [0.4, 0.5) is 0 Å². The Morgan fingerprint density at radius 2 is 2.12 bits per heavy atom. The molecule has 0 unspecified atom stereocenters. The van der Waals surface area contributed by atoms with E-state index in [9.17, 15) is 0 Å². The van der Waals surface area contributed by atoms with E-state index in [1.807, 2.05) is 7.05 Å². The summed E-state index contributed by atoms with van der Waals surface area (Å²) in [4.78, 5) is 3.99. The molecule has 0 saturated carbocycles. The molecule has 1 rings (SSSR count). The van der Waals surface area contributed by atoms with Crippen LogP contribution in [0.25, 0.3) is 0 Å². The Balaban J connectivity index is 2.00. The summed E-state index contributed by atoms with van der Waals surface area (Å²) in [5.41, 5.74) is 0.198. The van der Waals surface area contributed by atoms with Gasteiger partial charge in [-0.15, -0.1) is 5.10 Å². The van der Waals surface area contributed by atoms with Crippen molar-refractivity contribution in [2.75, 3.05) is 13.2 Å². The average Bonchev–Trinajstić information content (AvgIpc) is 2.56. The standard InChI is InChI=1S/C11H22N4O/c1-11(2,3)13-7-5-6-8-16-10-12-9-15(4)14-10/h9,13H,5-8H2,1-4H3. The highest BCUT2D eigenvalue weighted by Crippen LogP contribution is 2.01. The Labute approximate surface area is 97.2 Å². The first-order valence-corrected chi connectivity index (χ1v) is 5.71. The summed E-state index contributed by atoms with van der Waals surface area (Å²) in [7, 11) is 1.83. The molecule has 0 aliphatic heterocycles. The molecule has 5 heteroatoms. The first-order valence-electron chi connectivity index (χ1n) is 5.71. The van der Waals surface area contributed by atoms with Gasteiger partial charge in [-0.25, -0.2) is 0 Å². The fourth-order valence-corrected chi connectivity index (χ4v) is 1.24. The first kappa shape index (κ1) is 13.0. The lowest BCUT2D eigenvalue weighted by molar-refractivity contribution is 0.279. The van der Waals surface area contributed by atoms with Crippen molar-refractivity contribution in [3.05, 3.63) is 6.33 Å². The van der Waals surface area contributed by atoms with Gasteiger partial charge in [-0.05, 0) is 40.2 Å². The Morgan fingerprint density at radius 1 is 1.38 bits per heavy atom. The van der Waals surface area contributed by atoms with Crippen molar-refractivity contribution in [2.45, 2.75) is 39.2 Å². The van der Waals surface area contributed by atoms with E-state index in [0.717, 1.165) is 19.4 Å². The molecule has 1 heterocycles. The van der Waals surface area contributed by atoms with E-state index in [-0.39, 0.29) is 5.54 Å². The van der Waals surface area contributed by atoms with Gasteiger partial charge in [0.1, 0.15) is 6.33 Å². The van der Waals surface area contributed by atoms with Gasteiger partial charge < -0.3 is 10.1 Å². The van der Waals surface area contributed by atoms with Crippen LogP contribution < -0.4 is 10.1 Å². The number of unbranched alkanes of at least 4 members (excludes halogenated alkanes) is 1.